The Hall–Kier alpha value is -3.22. The molecule has 3 rings (SSSR count). The highest BCUT2D eigenvalue weighted by atomic mass is 19.1. The molecule has 0 aliphatic heterocycles. The lowest BCUT2D eigenvalue weighted by atomic mass is 9.77. The van der Waals surface area contributed by atoms with Gasteiger partial charge in [0.05, 0.1) is 0 Å². The van der Waals surface area contributed by atoms with Crippen LogP contribution in [0.3, 0.4) is 0 Å². The molecule has 1 saturated carbocycles. The smallest absolute Gasteiger partial charge is 0.242 e. The first kappa shape index (κ1) is 22.5. The molecule has 5 N–H and O–H groups in total. The van der Waals surface area contributed by atoms with E-state index in [4.69, 9.17) is 11.1 Å². The Morgan fingerprint density at radius 1 is 1.13 bits per heavy atom. The number of amidine groups is 1. The number of carbonyl (C=O) groups is 2. The second-order valence-electron chi connectivity index (χ2n) is 8.17. The SMILES string of the molecule is C[C@H](NC(=O)[C@@H]1CCC[C@H](c2ccc(F)cc2)C1)C(=O)NCc1ccc(C(=N)N)cc1. The van der Waals surface area contributed by atoms with Gasteiger partial charge in [0.2, 0.25) is 11.8 Å². The van der Waals surface area contributed by atoms with Gasteiger partial charge < -0.3 is 16.4 Å². The first-order valence-electron chi connectivity index (χ1n) is 10.6. The fourth-order valence-electron chi connectivity index (χ4n) is 4.01. The summed E-state index contributed by atoms with van der Waals surface area (Å²) in [6, 6.07) is 12.9. The first-order valence-corrected chi connectivity index (χ1v) is 10.6. The van der Waals surface area contributed by atoms with Crippen LogP contribution in [0.1, 0.15) is 55.2 Å². The molecule has 31 heavy (non-hydrogen) atoms. The molecule has 0 aromatic heterocycles. The van der Waals surface area contributed by atoms with E-state index in [0.29, 0.717) is 18.5 Å². The van der Waals surface area contributed by atoms with Crippen molar-refractivity contribution in [3.8, 4) is 0 Å². The summed E-state index contributed by atoms with van der Waals surface area (Å²) in [4.78, 5) is 25.1. The summed E-state index contributed by atoms with van der Waals surface area (Å²) in [5.41, 5.74) is 8.00. The number of amides is 2. The van der Waals surface area contributed by atoms with Gasteiger partial charge in [-0.25, -0.2) is 4.39 Å². The number of benzene rings is 2. The van der Waals surface area contributed by atoms with Crippen LogP contribution in [-0.2, 0) is 16.1 Å². The van der Waals surface area contributed by atoms with E-state index >= 15 is 0 Å². The zero-order valence-corrected chi connectivity index (χ0v) is 17.7. The lowest BCUT2D eigenvalue weighted by Gasteiger charge is -2.29. The van der Waals surface area contributed by atoms with Crippen LogP contribution in [0, 0.1) is 17.1 Å². The quantitative estimate of drug-likeness (QED) is 0.405. The van der Waals surface area contributed by atoms with Crippen molar-refractivity contribution in [2.24, 2.45) is 11.7 Å². The fourth-order valence-corrected chi connectivity index (χ4v) is 4.01. The van der Waals surface area contributed by atoms with E-state index in [-0.39, 0.29) is 35.3 Å². The highest BCUT2D eigenvalue weighted by Crippen LogP contribution is 2.36. The van der Waals surface area contributed by atoms with E-state index in [1.54, 1.807) is 43.3 Å². The average Bonchev–Trinajstić information content (AvgIpc) is 2.78. The van der Waals surface area contributed by atoms with Gasteiger partial charge in [-0.3, -0.25) is 15.0 Å². The minimum absolute atomic E-state index is 0.00343. The third-order valence-corrected chi connectivity index (χ3v) is 5.87. The molecule has 0 bridgehead atoms. The largest absolute Gasteiger partial charge is 0.384 e. The number of nitrogens with one attached hydrogen (secondary N) is 3. The van der Waals surface area contributed by atoms with Gasteiger partial charge in [0.25, 0.3) is 0 Å². The summed E-state index contributed by atoms with van der Waals surface area (Å²) in [5.74, 6) is -0.555. The van der Waals surface area contributed by atoms with Crippen molar-refractivity contribution in [1.82, 2.24) is 10.6 Å². The summed E-state index contributed by atoms with van der Waals surface area (Å²) in [5, 5.41) is 13.1. The van der Waals surface area contributed by atoms with Crippen LogP contribution >= 0.6 is 0 Å². The maximum absolute atomic E-state index is 13.2. The molecule has 0 radical (unpaired) electrons. The highest BCUT2D eigenvalue weighted by Gasteiger charge is 2.29. The Morgan fingerprint density at radius 3 is 2.45 bits per heavy atom. The molecule has 7 heteroatoms. The highest BCUT2D eigenvalue weighted by molar-refractivity contribution is 5.94. The third kappa shape index (κ3) is 6.13. The topological polar surface area (TPSA) is 108 Å². The van der Waals surface area contributed by atoms with Gasteiger partial charge in [-0.1, -0.05) is 42.8 Å². The zero-order valence-electron chi connectivity index (χ0n) is 17.7. The van der Waals surface area contributed by atoms with Gasteiger partial charge in [0, 0.05) is 18.0 Å². The number of halogens is 1. The van der Waals surface area contributed by atoms with Crippen molar-refractivity contribution < 1.29 is 14.0 Å². The van der Waals surface area contributed by atoms with Gasteiger partial charge in [-0.2, -0.15) is 0 Å². The normalized spacial score (nSPS) is 19.3. The lowest BCUT2D eigenvalue weighted by molar-refractivity contribution is -0.131. The number of hydrogen-bond acceptors (Lipinski definition) is 3. The summed E-state index contributed by atoms with van der Waals surface area (Å²) in [6.45, 7) is 2.00. The molecule has 1 aliphatic carbocycles. The van der Waals surface area contributed by atoms with Crippen LogP contribution in [0.25, 0.3) is 0 Å². The maximum Gasteiger partial charge on any atom is 0.242 e. The van der Waals surface area contributed by atoms with E-state index < -0.39 is 6.04 Å². The summed E-state index contributed by atoms with van der Waals surface area (Å²) < 4.78 is 13.2. The van der Waals surface area contributed by atoms with Crippen LogP contribution < -0.4 is 16.4 Å². The zero-order chi connectivity index (χ0) is 22.4. The third-order valence-electron chi connectivity index (χ3n) is 5.87. The van der Waals surface area contributed by atoms with Crippen molar-refractivity contribution in [2.45, 2.75) is 51.1 Å². The van der Waals surface area contributed by atoms with E-state index in [1.807, 2.05) is 0 Å². The number of hydrogen-bond donors (Lipinski definition) is 4. The minimum Gasteiger partial charge on any atom is -0.384 e. The lowest BCUT2D eigenvalue weighted by Crippen LogP contribution is -2.47. The van der Waals surface area contributed by atoms with Crippen LogP contribution in [0.15, 0.2) is 48.5 Å². The van der Waals surface area contributed by atoms with Gasteiger partial charge in [0.15, 0.2) is 0 Å². The molecule has 164 valence electrons. The first-order chi connectivity index (χ1) is 14.8. The van der Waals surface area contributed by atoms with Crippen LogP contribution in [0.4, 0.5) is 4.39 Å². The Morgan fingerprint density at radius 2 is 1.81 bits per heavy atom. The molecule has 2 aromatic rings. The van der Waals surface area contributed by atoms with Crippen molar-refractivity contribution in [1.29, 1.82) is 5.41 Å². The standard InChI is InChI=1S/C24H29FN4O2/c1-15(23(30)28-14-16-5-7-18(8-6-16)22(26)27)29-24(31)20-4-2-3-19(13-20)17-9-11-21(25)12-10-17/h5-12,15,19-20H,2-4,13-14H2,1H3,(H3,26,27)(H,28,30)(H,29,31)/t15-,19-,20+/m0/s1. The Kier molecular flexibility index (Phi) is 7.39. The molecule has 0 heterocycles. The van der Waals surface area contributed by atoms with Crippen molar-refractivity contribution in [3.05, 3.63) is 71.0 Å². The molecule has 0 saturated heterocycles. The molecular formula is C24H29FN4O2. The predicted molar refractivity (Wildman–Crippen MR) is 118 cm³/mol. The van der Waals surface area contributed by atoms with Crippen LogP contribution in [-0.4, -0.2) is 23.7 Å². The van der Waals surface area contributed by atoms with Crippen LogP contribution in [0.5, 0.6) is 0 Å². The number of nitrogens with two attached hydrogens (primary N) is 1. The molecule has 0 spiro atoms. The molecule has 0 unspecified atom stereocenters. The number of carbonyl (C=O) groups excluding carboxylic acids is 2. The Labute approximate surface area is 181 Å². The molecule has 6 nitrogen and oxygen atoms in total. The van der Waals surface area contributed by atoms with Crippen LogP contribution in [0.2, 0.25) is 0 Å². The number of rotatable bonds is 7. The fraction of sp³-hybridized carbons (Fsp3) is 0.375. The molecule has 2 amide bonds. The Balaban J connectivity index is 1.49. The average molecular weight is 425 g/mol. The van der Waals surface area contributed by atoms with E-state index in [9.17, 15) is 14.0 Å². The second-order valence-corrected chi connectivity index (χ2v) is 8.17. The summed E-state index contributed by atoms with van der Waals surface area (Å²) in [6.07, 6.45) is 3.40. The molecule has 3 atom stereocenters. The van der Waals surface area contributed by atoms with Crippen molar-refractivity contribution in [3.63, 3.8) is 0 Å². The van der Waals surface area contributed by atoms with E-state index in [2.05, 4.69) is 10.6 Å². The monoisotopic (exact) mass is 424 g/mol. The van der Waals surface area contributed by atoms with Crippen molar-refractivity contribution in [2.75, 3.05) is 0 Å². The molecule has 1 aliphatic rings. The van der Waals surface area contributed by atoms with Gasteiger partial charge in [0.1, 0.15) is 17.7 Å². The Bertz CT molecular complexity index is 928. The second kappa shape index (κ2) is 10.2. The van der Waals surface area contributed by atoms with Gasteiger partial charge in [-0.15, -0.1) is 0 Å². The summed E-state index contributed by atoms with van der Waals surface area (Å²) in [7, 11) is 0. The maximum atomic E-state index is 13.2. The van der Waals surface area contributed by atoms with Gasteiger partial charge >= 0.3 is 0 Å². The van der Waals surface area contributed by atoms with Crippen molar-refractivity contribution >= 4 is 17.6 Å². The molecule has 1 fully saturated rings. The van der Waals surface area contributed by atoms with Gasteiger partial charge in [-0.05, 0) is 55.4 Å². The molecule has 2 aromatic carbocycles. The minimum atomic E-state index is -0.643. The summed E-state index contributed by atoms with van der Waals surface area (Å²) >= 11 is 0. The van der Waals surface area contributed by atoms with E-state index in [1.165, 1.54) is 12.1 Å². The number of nitrogen functional groups attached to an aromatic ring is 1. The molecular weight excluding hydrogens is 395 g/mol. The predicted octanol–water partition coefficient (Wildman–Crippen LogP) is 3.20. The van der Waals surface area contributed by atoms with E-state index in [0.717, 1.165) is 30.4 Å².